The van der Waals surface area contributed by atoms with E-state index in [0.717, 1.165) is 11.4 Å². The van der Waals surface area contributed by atoms with Crippen LogP contribution in [0.25, 0.3) is 0 Å². The number of hydrogen-bond donors (Lipinski definition) is 0. The second-order valence-corrected chi connectivity index (χ2v) is 7.72. The van der Waals surface area contributed by atoms with Crippen molar-refractivity contribution < 1.29 is 9.59 Å². The molecular weight excluding hydrogens is 423 g/mol. The van der Waals surface area contributed by atoms with Crippen molar-refractivity contribution in [3.8, 4) is 0 Å². The molecule has 0 amide bonds. The minimum atomic E-state index is -0.454. The molecule has 2 aromatic heterocycles. The first-order valence-electron chi connectivity index (χ1n) is 9.51. The predicted octanol–water partition coefficient (Wildman–Crippen LogP) is 3.18. The third kappa shape index (κ3) is 4.89. The highest BCUT2D eigenvalue weighted by Crippen LogP contribution is 2.32. The van der Waals surface area contributed by atoms with Crippen molar-refractivity contribution in [2.24, 2.45) is 0 Å². The number of rotatable bonds is 8. The molecule has 0 radical (unpaired) electrons. The summed E-state index contributed by atoms with van der Waals surface area (Å²) in [6, 6.07) is 11.3. The Bertz CT molecular complexity index is 909. The molecule has 1 aliphatic carbocycles. The highest BCUT2D eigenvalue weighted by molar-refractivity contribution is 6.55. The van der Waals surface area contributed by atoms with Gasteiger partial charge in [-0.15, -0.1) is 0 Å². The van der Waals surface area contributed by atoms with Gasteiger partial charge in [-0.1, -0.05) is 35.3 Å². The summed E-state index contributed by atoms with van der Waals surface area (Å²) in [5.74, 6) is -0.908. The Morgan fingerprint density at radius 1 is 0.733 bits per heavy atom. The maximum atomic E-state index is 12.9. The van der Waals surface area contributed by atoms with Gasteiger partial charge in [0.05, 0.1) is 0 Å². The SMILES string of the molecule is CN(CCc1ccccn1)C1=C(Cl)C(=O)C(N(C)CCc2ccccn2)=C(Cl)C1=O. The van der Waals surface area contributed by atoms with E-state index < -0.39 is 11.6 Å². The van der Waals surface area contributed by atoms with Crippen LogP contribution in [-0.4, -0.2) is 58.5 Å². The molecule has 0 saturated carbocycles. The van der Waals surface area contributed by atoms with E-state index in [-0.39, 0.29) is 21.5 Å². The van der Waals surface area contributed by atoms with Crippen LogP contribution in [0.3, 0.4) is 0 Å². The van der Waals surface area contributed by atoms with Crippen LogP contribution in [0.2, 0.25) is 0 Å². The third-order valence-corrected chi connectivity index (χ3v) is 5.57. The average molecular weight is 445 g/mol. The summed E-state index contributed by atoms with van der Waals surface area (Å²) >= 11 is 12.7. The molecule has 0 fully saturated rings. The monoisotopic (exact) mass is 444 g/mol. The molecular formula is C22H22Cl2N4O2. The molecule has 0 N–H and O–H groups in total. The Morgan fingerprint density at radius 2 is 1.13 bits per heavy atom. The van der Waals surface area contributed by atoms with Gasteiger partial charge >= 0.3 is 0 Å². The number of Topliss-reactive ketones (excluding diaryl/α,β-unsaturated/α-hetero) is 2. The number of allylic oxidation sites excluding steroid dienone is 2. The maximum absolute atomic E-state index is 12.9. The Labute approximate surface area is 185 Å². The standard InChI is InChI=1S/C22H22Cl2N4O2/c1-27(13-9-15-7-3-5-11-25-15)19-17(23)22(30)20(18(24)21(19)29)28(2)14-10-16-8-4-6-12-26-16/h3-8,11-12H,9-10,13-14H2,1-2H3. The number of hydrogen-bond acceptors (Lipinski definition) is 6. The maximum Gasteiger partial charge on any atom is 0.224 e. The number of halogens is 2. The van der Waals surface area contributed by atoms with E-state index in [1.54, 1.807) is 36.3 Å². The van der Waals surface area contributed by atoms with E-state index in [1.165, 1.54) is 0 Å². The number of carbonyl (C=O) groups is 2. The zero-order valence-electron chi connectivity index (χ0n) is 16.8. The molecule has 30 heavy (non-hydrogen) atoms. The molecule has 0 bridgehead atoms. The van der Waals surface area contributed by atoms with Crippen molar-refractivity contribution in [2.45, 2.75) is 12.8 Å². The van der Waals surface area contributed by atoms with Crippen molar-refractivity contribution in [2.75, 3.05) is 27.2 Å². The molecule has 0 aliphatic heterocycles. The summed E-state index contributed by atoms with van der Waals surface area (Å²) in [6.07, 6.45) is 4.63. The molecule has 0 spiro atoms. The highest BCUT2D eigenvalue weighted by Gasteiger charge is 2.36. The van der Waals surface area contributed by atoms with Crippen LogP contribution in [0.5, 0.6) is 0 Å². The highest BCUT2D eigenvalue weighted by atomic mass is 35.5. The van der Waals surface area contributed by atoms with Gasteiger partial charge in [0.15, 0.2) is 0 Å². The average Bonchev–Trinajstić information content (AvgIpc) is 2.76. The molecule has 2 heterocycles. The largest absolute Gasteiger partial charge is 0.370 e. The third-order valence-electron chi connectivity index (χ3n) is 4.87. The molecule has 2 aromatic rings. The second kappa shape index (κ2) is 9.87. The number of pyridine rings is 2. The molecule has 3 rings (SSSR count). The first-order chi connectivity index (χ1) is 14.4. The first kappa shape index (κ1) is 22.0. The van der Waals surface area contributed by atoms with Gasteiger partial charge in [0, 0.05) is 63.8 Å². The minimum Gasteiger partial charge on any atom is -0.370 e. The van der Waals surface area contributed by atoms with Crippen molar-refractivity contribution in [3.63, 3.8) is 0 Å². The van der Waals surface area contributed by atoms with E-state index in [0.29, 0.717) is 25.9 Å². The number of likely N-dealkylation sites (N-methyl/N-ethyl adjacent to an activating group) is 2. The molecule has 156 valence electrons. The van der Waals surface area contributed by atoms with Gasteiger partial charge in [-0.2, -0.15) is 0 Å². The topological polar surface area (TPSA) is 66.4 Å². The summed E-state index contributed by atoms with van der Waals surface area (Å²) in [5, 5.41) is -0.236. The fraction of sp³-hybridized carbons (Fsp3) is 0.273. The van der Waals surface area contributed by atoms with Crippen LogP contribution in [0.4, 0.5) is 0 Å². The van der Waals surface area contributed by atoms with Crippen LogP contribution in [0.15, 0.2) is 70.3 Å². The lowest BCUT2D eigenvalue weighted by Gasteiger charge is -2.29. The number of ketones is 2. The van der Waals surface area contributed by atoms with E-state index in [1.807, 2.05) is 36.4 Å². The van der Waals surface area contributed by atoms with Gasteiger partial charge < -0.3 is 9.80 Å². The zero-order valence-corrected chi connectivity index (χ0v) is 18.3. The molecule has 0 unspecified atom stereocenters. The summed E-state index contributed by atoms with van der Waals surface area (Å²) in [7, 11) is 3.43. The van der Waals surface area contributed by atoms with Crippen molar-refractivity contribution >= 4 is 34.8 Å². The zero-order chi connectivity index (χ0) is 21.7. The Hall–Kier alpha value is -2.70. The summed E-state index contributed by atoms with van der Waals surface area (Å²) in [5.41, 5.74) is 1.99. The fourth-order valence-corrected chi connectivity index (χ4v) is 3.82. The van der Waals surface area contributed by atoms with Crippen LogP contribution >= 0.6 is 23.2 Å². The molecule has 0 aromatic carbocycles. The summed E-state index contributed by atoms with van der Waals surface area (Å²) in [6.45, 7) is 0.938. The van der Waals surface area contributed by atoms with E-state index in [4.69, 9.17) is 23.2 Å². The summed E-state index contributed by atoms with van der Waals surface area (Å²) < 4.78 is 0. The molecule has 8 heteroatoms. The van der Waals surface area contributed by atoms with Gasteiger partial charge in [0.25, 0.3) is 0 Å². The van der Waals surface area contributed by atoms with Crippen LogP contribution in [0, 0.1) is 0 Å². The quantitative estimate of drug-likeness (QED) is 0.582. The number of nitrogens with zero attached hydrogens (tertiary/aromatic N) is 4. The smallest absolute Gasteiger partial charge is 0.224 e. The molecule has 0 saturated heterocycles. The van der Waals surface area contributed by atoms with Crippen LogP contribution < -0.4 is 0 Å². The van der Waals surface area contributed by atoms with Gasteiger partial charge in [0.2, 0.25) is 11.6 Å². The van der Waals surface area contributed by atoms with Crippen LogP contribution in [-0.2, 0) is 22.4 Å². The Balaban J connectivity index is 1.72. The van der Waals surface area contributed by atoms with Gasteiger partial charge in [-0.05, 0) is 24.3 Å². The minimum absolute atomic E-state index is 0.115. The predicted molar refractivity (Wildman–Crippen MR) is 117 cm³/mol. The Kier molecular flexibility index (Phi) is 7.24. The van der Waals surface area contributed by atoms with Crippen molar-refractivity contribution in [3.05, 3.63) is 81.6 Å². The van der Waals surface area contributed by atoms with Crippen molar-refractivity contribution in [1.82, 2.24) is 19.8 Å². The number of aromatic nitrogens is 2. The second-order valence-electron chi connectivity index (χ2n) is 6.97. The summed E-state index contributed by atoms with van der Waals surface area (Å²) in [4.78, 5) is 37.7. The normalized spacial score (nSPS) is 14.4. The van der Waals surface area contributed by atoms with E-state index in [2.05, 4.69) is 9.97 Å². The first-order valence-corrected chi connectivity index (χ1v) is 10.3. The fourth-order valence-electron chi connectivity index (χ4n) is 3.18. The lowest BCUT2D eigenvalue weighted by Crippen LogP contribution is -2.36. The van der Waals surface area contributed by atoms with Crippen molar-refractivity contribution in [1.29, 1.82) is 0 Å². The van der Waals surface area contributed by atoms with E-state index >= 15 is 0 Å². The Morgan fingerprint density at radius 3 is 1.47 bits per heavy atom. The lowest BCUT2D eigenvalue weighted by molar-refractivity contribution is -0.117. The molecule has 1 aliphatic rings. The number of carbonyl (C=O) groups excluding carboxylic acids is 2. The molecule has 0 atom stereocenters. The lowest BCUT2D eigenvalue weighted by atomic mass is 10.0. The van der Waals surface area contributed by atoms with Gasteiger partial charge in [-0.25, -0.2) is 0 Å². The van der Waals surface area contributed by atoms with Gasteiger partial charge in [0.1, 0.15) is 21.5 Å². The van der Waals surface area contributed by atoms with E-state index in [9.17, 15) is 9.59 Å². The molecule has 6 nitrogen and oxygen atoms in total. The van der Waals surface area contributed by atoms with Gasteiger partial charge in [-0.3, -0.25) is 19.6 Å². The van der Waals surface area contributed by atoms with Crippen LogP contribution in [0.1, 0.15) is 11.4 Å².